The summed E-state index contributed by atoms with van der Waals surface area (Å²) < 4.78 is 27.2. The van der Waals surface area contributed by atoms with Gasteiger partial charge in [-0.25, -0.2) is 8.42 Å². The highest BCUT2D eigenvalue weighted by Gasteiger charge is 2.33. The van der Waals surface area contributed by atoms with Crippen molar-refractivity contribution in [3.63, 3.8) is 0 Å². The van der Waals surface area contributed by atoms with Crippen molar-refractivity contribution >= 4 is 10.0 Å². The van der Waals surface area contributed by atoms with E-state index in [4.69, 9.17) is 0 Å². The van der Waals surface area contributed by atoms with Gasteiger partial charge in [0.25, 0.3) is 0 Å². The van der Waals surface area contributed by atoms with Crippen molar-refractivity contribution in [2.24, 2.45) is 5.92 Å². The lowest BCUT2D eigenvalue weighted by atomic mass is 10.1. The molecule has 1 N–H and O–H groups in total. The molecule has 1 aliphatic heterocycles. The molecule has 1 aliphatic rings. The number of aryl methyl sites for hydroxylation is 1. The average molecular weight is 297 g/mol. The maximum Gasteiger partial charge on any atom is 0.243 e. The largest absolute Gasteiger partial charge is 0.392 e. The zero-order valence-corrected chi connectivity index (χ0v) is 13.2. The van der Waals surface area contributed by atoms with Crippen LogP contribution in [0.1, 0.15) is 36.5 Å². The Morgan fingerprint density at radius 2 is 2.05 bits per heavy atom. The molecule has 2 rings (SSSR count). The predicted molar refractivity (Wildman–Crippen MR) is 79.0 cm³/mol. The average Bonchev–Trinajstić information content (AvgIpc) is 2.91. The van der Waals surface area contributed by atoms with Crippen molar-refractivity contribution < 1.29 is 13.5 Å². The van der Waals surface area contributed by atoms with Gasteiger partial charge in [0.15, 0.2) is 0 Å². The van der Waals surface area contributed by atoms with E-state index in [1.165, 1.54) is 0 Å². The first-order valence-corrected chi connectivity index (χ1v) is 8.55. The molecule has 0 bridgehead atoms. The number of aliphatic hydroxyl groups is 1. The third-order valence-electron chi connectivity index (χ3n) is 4.31. The van der Waals surface area contributed by atoms with Crippen LogP contribution >= 0.6 is 0 Å². The molecule has 1 saturated heterocycles. The number of sulfonamides is 1. The van der Waals surface area contributed by atoms with E-state index in [2.05, 4.69) is 6.92 Å². The van der Waals surface area contributed by atoms with Gasteiger partial charge in [-0.15, -0.1) is 0 Å². The number of hydrogen-bond donors (Lipinski definition) is 1. The van der Waals surface area contributed by atoms with Crippen molar-refractivity contribution in [2.45, 2.75) is 45.1 Å². The van der Waals surface area contributed by atoms with E-state index in [1.807, 2.05) is 19.9 Å². The van der Waals surface area contributed by atoms with Crippen LogP contribution in [0.15, 0.2) is 17.0 Å². The lowest BCUT2D eigenvalue weighted by Crippen LogP contribution is -2.29. The van der Waals surface area contributed by atoms with E-state index in [-0.39, 0.29) is 6.61 Å². The fourth-order valence-electron chi connectivity index (χ4n) is 2.75. The van der Waals surface area contributed by atoms with Gasteiger partial charge >= 0.3 is 0 Å². The molecule has 1 heterocycles. The van der Waals surface area contributed by atoms with Crippen molar-refractivity contribution in [3.8, 4) is 0 Å². The molecule has 0 spiro atoms. The van der Waals surface area contributed by atoms with Gasteiger partial charge in [-0.2, -0.15) is 4.31 Å². The first kappa shape index (κ1) is 15.5. The molecule has 112 valence electrons. The highest BCUT2D eigenvalue weighted by molar-refractivity contribution is 7.89. The molecule has 4 nitrogen and oxygen atoms in total. The molecular formula is C15H23NO3S. The molecule has 0 aromatic heterocycles. The normalized spacial score (nSPS) is 20.5. The molecule has 20 heavy (non-hydrogen) atoms. The van der Waals surface area contributed by atoms with Gasteiger partial charge in [0, 0.05) is 13.1 Å². The van der Waals surface area contributed by atoms with Crippen molar-refractivity contribution in [2.75, 3.05) is 13.1 Å². The number of aliphatic hydroxyl groups excluding tert-OH is 1. The second-order valence-corrected chi connectivity index (χ2v) is 7.53. The summed E-state index contributed by atoms with van der Waals surface area (Å²) in [5, 5.41) is 9.28. The van der Waals surface area contributed by atoms with Gasteiger partial charge in [0.1, 0.15) is 0 Å². The van der Waals surface area contributed by atoms with Crippen LogP contribution in [-0.4, -0.2) is 30.9 Å². The van der Waals surface area contributed by atoms with E-state index in [0.717, 1.165) is 24.0 Å². The first-order chi connectivity index (χ1) is 9.40. The summed E-state index contributed by atoms with van der Waals surface area (Å²) in [4.78, 5) is 0.346. The summed E-state index contributed by atoms with van der Waals surface area (Å²) in [6, 6.07) is 3.45. The monoisotopic (exact) mass is 297 g/mol. The number of benzene rings is 1. The fourth-order valence-corrected chi connectivity index (χ4v) is 4.63. The van der Waals surface area contributed by atoms with Crippen molar-refractivity contribution in [3.05, 3.63) is 28.8 Å². The van der Waals surface area contributed by atoms with Gasteiger partial charge in [-0.1, -0.05) is 19.4 Å². The van der Waals surface area contributed by atoms with Gasteiger partial charge < -0.3 is 5.11 Å². The van der Waals surface area contributed by atoms with Crippen LogP contribution in [0.25, 0.3) is 0 Å². The summed E-state index contributed by atoms with van der Waals surface area (Å²) >= 11 is 0. The zero-order valence-electron chi connectivity index (χ0n) is 12.4. The minimum atomic E-state index is -3.45. The quantitative estimate of drug-likeness (QED) is 0.927. The fraction of sp³-hybridized carbons (Fsp3) is 0.600. The van der Waals surface area contributed by atoms with Crippen LogP contribution < -0.4 is 0 Å². The molecule has 0 amide bonds. The Balaban J connectivity index is 2.42. The smallest absolute Gasteiger partial charge is 0.243 e. The maximum absolute atomic E-state index is 12.8. The van der Waals surface area contributed by atoms with E-state index in [1.54, 1.807) is 10.4 Å². The summed E-state index contributed by atoms with van der Waals surface area (Å²) in [6.45, 7) is 6.89. The second kappa shape index (κ2) is 5.84. The highest BCUT2D eigenvalue weighted by atomic mass is 32.2. The van der Waals surface area contributed by atoms with E-state index >= 15 is 0 Å². The van der Waals surface area contributed by atoms with Gasteiger partial charge in [-0.3, -0.25) is 0 Å². The van der Waals surface area contributed by atoms with Crippen LogP contribution in [0, 0.1) is 19.8 Å². The minimum Gasteiger partial charge on any atom is -0.392 e. The lowest BCUT2D eigenvalue weighted by molar-refractivity contribution is 0.281. The summed E-state index contributed by atoms with van der Waals surface area (Å²) in [7, 11) is -3.45. The Labute approximate surface area is 121 Å². The van der Waals surface area contributed by atoms with Crippen LogP contribution in [-0.2, 0) is 16.6 Å². The zero-order chi connectivity index (χ0) is 14.9. The number of hydrogen-bond acceptors (Lipinski definition) is 3. The number of nitrogens with zero attached hydrogens (tertiary/aromatic N) is 1. The second-order valence-electron chi connectivity index (χ2n) is 5.62. The Bertz CT molecular complexity index is 595. The third-order valence-corrected chi connectivity index (χ3v) is 6.30. The molecule has 0 aliphatic carbocycles. The molecule has 0 radical (unpaired) electrons. The highest BCUT2D eigenvalue weighted by Crippen LogP contribution is 2.29. The van der Waals surface area contributed by atoms with Crippen LogP contribution in [0.3, 0.4) is 0 Å². The Morgan fingerprint density at radius 3 is 2.60 bits per heavy atom. The van der Waals surface area contributed by atoms with Crippen LogP contribution in [0.2, 0.25) is 0 Å². The Morgan fingerprint density at radius 1 is 1.35 bits per heavy atom. The van der Waals surface area contributed by atoms with Gasteiger partial charge in [0.05, 0.1) is 11.5 Å². The minimum absolute atomic E-state index is 0.138. The molecule has 5 heteroatoms. The van der Waals surface area contributed by atoms with Crippen molar-refractivity contribution in [1.29, 1.82) is 0 Å². The summed E-state index contributed by atoms with van der Waals surface area (Å²) in [5.74, 6) is 0.465. The SMILES string of the molecule is CCC1CCN(S(=O)(=O)c2cc(CO)cc(C)c2C)C1. The molecule has 1 fully saturated rings. The maximum atomic E-state index is 12.8. The molecular weight excluding hydrogens is 274 g/mol. The van der Waals surface area contributed by atoms with E-state index < -0.39 is 10.0 Å². The predicted octanol–water partition coefficient (Wildman–Crippen LogP) is 2.22. The molecule has 1 unspecified atom stereocenters. The Kier molecular flexibility index (Phi) is 4.52. The lowest BCUT2D eigenvalue weighted by Gasteiger charge is -2.19. The van der Waals surface area contributed by atoms with Crippen LogP contribution in [0.5, 0.6) is 0 Å². The number of rotatable bonds is 4. The molecule has 0 saturated carbocycles. The standard InChI is InChI=1S/C15H23NO3S/c1-4-13-5-6-16(9-13)20(18,19)15-8-14(10-17)7-11(2)12(15)3/h7-8,13,17H,4-6,9-10H2,1-3H3. The first-order valence-electron chi connectivity index (χ1n) is 7.11. The molecule has 1 aromatic carbocycles. The van der Waals surface area contributed by atoms with E-state index in [0.29, 0.717) is 29.5 Å². The molecule has 1 atom stereocenters. The molecule has 1 aromatic rings. The summed E-state index contributed by atoms with van der Waals surface area (Å²) in [6.07, 6.45) is 1.95. The van der Waals surface area contributed by atoms with Gasteiger partial charge in [0.2, 0.25) is 10.0 Å². The third kappa shape index (κ3) is 2.75. The van der Waals surface area contributed by atoms with Crippen molar-refractivity contribution in [1.82, 2.24) is 4.31 Å². The topological polar surface area (TPSA) is 57.6 Å². The van der Waals surface area contributed by atoms with Crippen LogP contribution in [0.4, 0.5) is 0 Å². The Hall–Kier alpha value is -0.910. The van der Waals surface area contributed by atoms with E-state index in [9.17, 15) is 13.5 Å². The summed E-state index contributed by atoms with van der Waals surface area (Å²) in [5.41, 5.74) is 2.33. The van der Waals surface area contributed by atoms with Gasteiger partial charge in [-0.05, 0) is 48.9 Å².